The van der Waals surface area contributed by atoms with E-state index in [0.29, 0.717) is 43.7 Å². The summed E-state index contributed by atoms with van der Waals surface area (Å²) < 4.78 is 4.85. The SMILES string of the molecule is CC(C)C(CCN)CCC(=O)NCCc1ncno1. The van der Waals surface area contributed by atoms with Crippen LogP contribution in [0.1, 0.15) is 39.0 Å². The molecule has 0 aromatic carbocycles. The zero-order valence-corrected chi connectivity index (χ0v) is 11.8. The Morgan fingerprint density at radius 1 is 1.47 bits per heavy atom. The van der Waals surface area contributed by atoms with Gasteiger partial charge in [0, 0.05) is 19.4 Å². The van der Waals surface area contributed by atoms with Crippen LogP contribution >= 0.6 is 0 Å². The smallest absolute Gasteiger partial charge is 0.228 e. The van der Waals surface area contributed by atoms with E-state index in [1.165, 1.54) is 6.33 Å². The Hall–Kier alpha value is -1.43. The predicted octanol–water partition coefficient (Wildman–Crippen LogP) is 1.13. The van der Waals surface area contributed by atoms with Gasteiger partial charge in [0.25, 0.3) is 0 Å². The van der Waals surface area contributed by atoms with E-state index in [2.05, 4.69) is 29.3 Å². The maximum atomic E-state index is 11.7. The minimum Gasteiger partial charge on any atom is -0.356 e. The third kappa shape index (κ3) is 6.33. The normalized spacial score (nSPS) is 12.6. The number of carbonyl (C=O) groups is 1. The maximum absolute atomic E-state index is 11.7. The van der Waals surface area contributed by atoms with Crippen molar-refractivity contribution in [2.24, 2.45) is 17.6 Å². The highest BCUT2D eigenvalue weighted by molar-refractivity contribution is 5.75. The molecule has 0 aliphatic heterocycles. The molecule has 1 aromatic rings. The molecular formula is C13H24N4O2. The second-order valence-electron chi connectivity index (χ2n) is 5.06. The highest BCUT2D eigenvalue weighted by Crippen LogP contribution is 2.20. The molecule has 0 radical (unpaired) electrons. The van der Waals surface area contributed by atoms with Gasteiger partial charge in [-0.3, -0.25) is 4.79 Å². The molecule has 1 aromatic heterocycles. The van der Waals surface area contributed by atoms with E-state index in [-0.39, 0.29) is 5.91 Å². The van der Waals surface area contributed by atoms with Gasteiger partial charge in [-0.2, -0.15) is 4.98 Å². The van der Waals surface area contributed by atoms with Crippen LogP contribution in [0.5, 0.6) is 0 Å². The van der Waals surface area contributed by atoms with Gasteiger partial charge in [-0.05, 0) is 31.2 Å². The fraction of sp³-hybridized carbons (Fsp3) is 0.769. The first-order chi connectivity index (χ1) is 9.13. The highest BCUT2D eigenvalue weighted by Gasteiger charge is 2.14. The molecule has 6 heteroatoms. The molecule has 108 valence electrons. The molecule has 1 atom stereocenters. The van der Waals surface area contributed by atoms with Gasteiger partial charge in [-0.25, -0.2) is 0 Å². The summed E-state index contributed by atoms with van der Waals surface area (Å²) in [6.45, 7) is 5.56. The molecule has 1 rings (SSSR count). The van der Waals surface area contributed by atoms with E-state index < -0.39 is 0 Å². The van der Waals surface area contributed by atoms with Crippen LogP contribution in [0, 0.1) is 11.8 Å². The molecule has 1 heterocycles. The van der Waals surface area contributed by atoms with Crippen LogP contribution in [0.15, 0.2) is 10.9 Å². The van der Waals surface area contributed by atoms with Crippen molar-refractivity contribution < 1.29 is 9.32 Å². The summed E-state index contributed by atoms with van der Waals surface area (Å²) in [7, 11) is 0. The number of aromatic nitrogens is 2. The molecular weight excluding hydrogens is 244 g/mol. The summed E-state index contributed by atoms with van der Waals surface area (Å²) in [5, 5.41) is 6.37. The lowest BCUT2D eigenvalue weighted by Crippen LogP contribution is -2.27. The van der Waals surface area contributed by atoms with Crippen LogP contribution < -0.4 is 11.1 Å². The Morgan fingerprint density at radius 3 is 2.84 bits per heavy atom. The van der Waals surface area contributed by atoms with Crippen molar-refractivity contribution in [3.63, 3.8) is 0 Å². The quantitative estimate of drug-likeness (QED) is 0.700. The zero-order chi connectivity index (χ0) is 14.1. The van der Waals surface area contributed by atoms with Gasteiger partial charge in [-0.1, -0.05) is 19.0 Å². The number of hydrogen-bond acceptors (Lipinski definition) is 5. The second kappa shape index (κ2) is 8.63. The largest absolute Gasteiger partial charge is 0.356 e. The molecule has 0 aliphatic rings. The average Bonchev–Trinajstić information content (AvgIpc) is 2.87. The van der Waals surface area contributed by atoms with E-state index in [9.17, 15) is 4.79 Å². The van der Waals surface area contributed by atoms with Crippen LogP contribution in [-0.2, 0) is 11.2 Å². The molecule has 0 aliphatic carbocycles. The number of nitrogens with zero attached hydrogens (tertiary/aromatic N) is 2. The van der Waals surface area contributed by atoms with E-state index in [1.807, 2.05) is 0 Å². The minimum absolute atomic E-state index is 0.0715. The third-order valence-electron chi connectivity index (χ3n) is 3.29. The zero-order valence-electron chi connectivity index (χ0n) is 11.8. The van der Waals surface area contributed by atoms with Gasteiger partial charge < -0.3 is 15.6 Å². The minimum atomic E-state index is 0.0715. The Kier molecular flexibility index (Phi) is 7.10. The molecule has 1 amide bonds. The number of amides is 1. The lowest BCUT2D eigenvalue weighted by atomic mass is 9.88. The predicted molar refractivity (Wildman–Crippen MR) is 72.2 cm³/mol. The van der Waals surface area contributed by atoms with Crippen LogP contribution in [0.3, 0.4) is 0 Å². The van der Waals surface area contributed by atoms with Crippen LogP contribution in [0.25, 0.3) is 0 Å². The molecule has 3 N–H and O–H groups in total. The number of hydrogen-bond donors (Lipinski definition) is 2. The summed E-state index contributed by atoms with van der Waals surface area (Å²) in [4.78, 5) is 15.6. The fourth-order valence-corrected chi connectivity index (χ4v) is 2.04. The molecule has 0 bridgehead atoms. The first-order valence-electron chi connectivity index (χ1n) is 6.85. The van der Waals surface area contributed by atoms with Crippen molar-refractivity contribution in [2.45, 2.75) is 39.5 Å². The second-order valence-corrected chi connectivity index (χ2v) is 5.06. The van der Waals surface area contributed by atoms with Crippen LogP contribution in [0.2, 0.25) is 0 Å². The molecule has 0 saturated carbocycles. The van der Waals surface area contributed by atoms with Gasteiger partial charge in [0.1, 0.15) is 0 Å². The Morgan fingerprint density at radius 2 is 2.26 bits per heavy atom. The Bertz CT molecular complexity index is 352. The summed E-state index contributed by atoms with van der Waals surface area (Å²) in [6.07, 6.45) is 4.35. The van der Waals surface area contributed by atoms with E-state index in [0.717, 1.165) is 12.8 Å². The van der Waals surface area contributed by atoms with Crippen molar-refractivity contribution >= 4 is 5.91 Å². The van der Waals surface area contributed by atoms with E-state index in [1.54, 1.807) is 0 Å². The lowest BCUT2D eigenvalue weighted by molar-refractivity contribution is -0.121. The number of nitrogens with two attached hydrogens (primary N) is 1. The third-order valence-corrected chi connectivity index (χ3v) is 3.29. The highest BCUT2D eigenvalue weighted by atomic mass is 16.5. The van der Waals surface area contributed by atoms with Crippen LogP contribution in [-0.4, -0.2) is 29.1 Å². The maximum Gasteiger partial charge on any atom is 0.228 e. The average molecular weight is 268 g/mol. The van der Waals surface area contributed by atoms with E-state index in [4.69, 9.17) is 10.3 Å². The van der Waals surface area contributed by atoms with Crippen LogP contribution in [0.4, 0.5) is 0 Å². The monoisotopic (exact) mass is 268 g/mol. The van der Waals surface area contributed by atoms with Crippen molar-refractivity contribution in [2.75, 3.05) is 13.1 Å². The molecule has 0 saturated heterocycles. The summed E-state index contributed by atoms with van der Waals surface area (Å²) in [6, 6.07) is 0. The van der Waals surface area contributed by atoms with Crippen molar-refractivity contribution in [1.29, 1.82) is 0 Å². The number of carbonyl (C=O) groups excluding carboxylic acids is 1. The van der Waals surface area contributed by atoms with Crippen molar-refractivity contribution in [1.82, 2.24) is 15.5 Å². The summed E-state index contributed by atoms with van der Waals surface area (Å²) in [5.41, 5.74) is 5.58. The Balaban J connectivity index is 2.16. The van der Waals surface area contributed by atoms with Gasteiger partial charge >= 0.3 is 0 Å². The standard InChI is InChI=1S/C13H24N4O2/c1-10(2)11(5-7-14)3-4-12(18)15-8-6-13-16-9-17-19-13/h9-11H,3-8,14H2,1-2H3,(H,15,18). The van der Waals surface area contributed by atoms with E-state index >= 15 is 0 Å². The van der Waals surface area contributed by atoms with Gasteiger partial charge in [-0.15, -0.1) is 0 Å². The van der Waals surface area contributed by atoms with Gasteiger partial charge in [0.15, 0.2) is 6.33 Å². The Labute approximate surface area is 114 Å². The molecule has 0 fully saturated rings. The summed E-state index contributed by atoms with van der Waals surface area (Å²) in [5.74, 6) is 1.70. The van der Waals surface area contributed by atoms with Crippen molar-refractivity contribution in [3.05, 3.63) is 12.2 Å². The molecule has 6 nitrogen and oxygen atoms in total. The number of nitrogens with one attached hydrogen (secondary N) is 1. The fourth-order valence-electron chi connectivity index (χ4n) is 2.04. The lowest BCUT2D eigenvalue weighted by Gasteiger charge is -2.19. The number of rotatable bonds is 9. The summed E-state index contributed by atoms with van der Waals surface area (Å²) >= 11 is 0. The molecule has 0 spiro atoms. The van der Waals surface area contributed by atoms with Gasteiger partial charge in [0.05, 0.1) is 0 Å². The van der Waals surface area contributed by atoms with Crippen molar-refractivity contribution in [3.8, 4) is 0 Å². The topological polar surface area (TPSA) is 94.0 Å². The molecule has 19 heavy (non-hydrogen) atoms. The first-order valence-corrected chi connectivity index (χ1v) is 6.85. The first kappa shape index (κ1) is 15.6. The molecule has 1 unspecified atom stereocenters. The van der Waals surface area contributed by atoms with Gasteiger partial charge in [0.2, 0.25) is 11.8 Å².